The second-order valence-electron chi connectivity index (χ2n) is 2.74. The molecule has 1 aromatic rings. The Hall–Kier alpha value is -0.630. The van der Waals surface area contributed by atoms with Crippen molar-refractivity contribution in [1.29, 1.82) is 0 Å². The summed E-state index contributed by atoms with van der Waals surface area (Å²) in [6.45, 7) is 5.17. The van der Waals surface area contributed by atoms with Crippen LogP contribution in [0.3, 0.4) is 0 Å². The molecule has 0 saturated carbocycles. The molecular weight excluding hydrogens is 178 g/mol. The standard InChI is InChI=1S/C9H11NS.C2H6/c1-10-6-7-11-9-5-3-2-4-8(9)10;1-2/h2-5H,6-7H2,1H3;1-2H3. The van der Waals surface area contributed by atoms with Gasteiger partial charge >= 0.3 is 0 Å². The van der Waals surface area contributed by atoms with Crippen LogP contribution in [0.1, 0.15) is 13.8 Å². The van der Waals surface area contributed by atoms with Crippen molar-refractivity contribution in [2.45, 2.75) is 18.7 Å². The molecule has 0 N–H and O–H groups in total. The number of benzene rings is 1. The molecule has 1 aromatic carbocycles. The highest BCUT2D eigenvalue weighted by atomic mass is 32.2. The Morgan fingerprint density at radius 1 is 1.23 bits per heavy atom. The summed E-state index contributed by atoms with van der Waals surface area (Å²) < 4.78 is 0. The highest BCUT2D eigenvalue weighted by Gasteiger charge is 2.11. The normalized spacial score (nSPS) is 14.2. The summed E-state index contributed by atoms with van der Waals surface area (Å²) in [7, 11) is 2.15. The van der Waals surface area contributed by atoms with Crippen molar-refractivity contribution >= 4 is 17.4 Å². The second-order valence-corrected chi connectivity index (χ2v) is 3.87. The van der Waals surface area contributed by atoms with Gasteiger partial charge in [-0.15, -0.1) is 11.8 Å². The molecule has 1 aliphatic rings. The smallest absolute Gasteiger partial charge is 0.0502 e. The monoisotopic (exact) mass is 195 g/mol. The van der Waals surface area contributed by atoms with Gasteiger partial charge < -0.3 is 4.90 Å². The first-order chi connectivity index (χ1) is 6.38. The van der Waals surface area contributed by atoms with E-state index in [1.807, 2.05) is 25.6 Å². The van der Waals surface area contributed by atoms with Crippen LogP contribution in [-0.4, -0.2) is 19.3 Å². The summed E-state index contributed by atoms with van der Waals surface area (Å²) in [5.74, 6) is 1.22. The van der Waals surface area contributed by atoms with E-state index in [1.165, 1.54) is 22.9 Å². The average molecular weight is 195 g/mol. The Balaban J connectivity index is 0.000000396. The number of thioether (sulfide) groups is 1. The van der Waals surface area contributed by atoms with Crippen LogP contribution in [0.25, 0.3) is 0 Å². The highest BCUT2D eigenvalue weighted by molar-refractivity contribution is 7.99. The third-order valence-electron chi connectivity index (χ3n) is 1.96. The minimum absolute atomic E-state index is 1.17. The van der Waals surface area contributed by atoms with Crippen LogP contribution in [0.4, 0.5) is 5.69 Å². The molecule has 2 heteroatoms. The number of nitrogens with zero attached hydrogens (tertiary/aromatic N) is 1. The quantitative estimate of drug-likeness (QED) is 0.625. The number of anilines is 1. The molecule has 0 atom stereocenters. The second kappa shape index (κ2) is 5.18. The summed E-state index contributed by atoms with van der Waals surface area (Å²) in [4.78, 5) is 3.73. The lowest BCUT2D eigenvalue weighted by Gasteiger charge is -2.26. The lowest BCUT2D eigenvalue weighted by Crippen LogP contribution is -2.23. The molecule has 0 spiro atoms. The lowest BCUT2D eigenvalue weighted by atomic mass is 10.3. The number of para-hydroxylation sites is 1. The van der Waals surface area contributed by atoms with E-state index in [-0.39, 0.29) is 0 Å². The maximum Gasteiger partial charge on any atom is 0.0502 e. The summed E-state index contributed by atoms with van der Waals surface area (Å²) in [6, 6.07) is 8.57. The molecule has 0 aliphatic carbocycles. The fourth-order valence-electron chi connectivity index (χ4n) is 1.31. The molecule has 0 radical (unpaired) electrons. The van der Waals surface area contributed by atoms with E-state index < -0.39 is 0 Å². The van der Waals surface area contributed by atoms with E-state index in [9.17, 15) is 0 Å². The number of fused-ring (bicyclic) bond motifs is 1. The number of rotatable bonds is 0. The lowest BCUT2D eigenvalue weighted by molar-refractivity contribution is 0.944. The molecule has 13 heavy (non-hydrogen) atoms. The Morgan fingerprint density at radius 2 is 1.92 bits per heavy atom. The third kappa shape index (κ3) is 2.41. The average Bonchev–Trinajstić information content (AvgIpc) is 2.22. The maximum atomic E-state index is 2.31. The van der Waals surface area contributed by atoms with E-state index in [0.717, 1.165) is 0 Å². The molecule has 2 rings (SSSR count). The van der Waals surface area contributed by atoms with Crippen molar-refractivity contribution in [3.63, 3.8) is 0 Å². The largest absolute Gasteiger partial charge is 0.373 e. The Labute approximate surface area is 85.1 Å². The van der Waals surface area contributed by atoms with Crippen LogP contribution in [0.2, 0.25) is 0 Å². The van der Waals surface area contributed by atoms with E-state index in [0.29, 0.717) is 0 Å². The van der Waals surface area contributed by atoms with Gasteiger partial charge in [-0.25, -0.2) is 0 Å². The Morgan fingerprint density at radius 3 is 2.62 bits per heavy atom. The van der Waals surface area contributed by atoms with Gasteiger partial charge in [0.05, 0.1) is 5.69 Å². The molecule has 0 unspecified atom stereocenters. The van der Waals surface area contributed by atoms with Crippen LogP contribution in [0, 0.1) is 0 Å². The Kier molecular flexibility index (Phi) is 4.16. The molecule has 1 heterocycles. The van der Waals surface area contributed by atoms with Crippen molar-refractivity contribution < 1.29 is 0 Å². The van der Waals surface area contributed by atoms with Gasteiger partial charge in [-0.3, -0.25) is 0 Å². The minimum atomic E-state index is 1.17. The van der Waals surface area contributed by atoms with Gasteiger partial charge in [-0.1, -0.05) is 26.0 Å². The molecule has 1 aliphatic heterocycles. The van der Waals surface area contributed by atoms with Gasteiger partial charge in [-0.05, 0) is 12.1 Å². The minimum Gasteiger partial charge on any atom is -0.373 e. The topological polar surface area (TPSA) is 3.24 Å². The molecule has 1 nitrogen and oxygen atoms in total. The molecule has 72 valence electrons. The van der Waals surface area contributed by atoms with E-state index in [2.05, 4.69) is 36.2 Å². The number of hydrogen-bond donors (Lipinski definition) is 0. The van der Waals surface area contributed by atoms with Crippen LogP contribution in [0.15, 0.2) is 29.2 Å². The van der Waals surface area contributed by atoms with E-state index >= 15 is 0 Å². The molecular formula is C11H17NS. The fourth-order valence-corrected chi connectivity index (χ4v) is 2.44. The van der Waals surface area contributed by atoms with Crippen LogP contribution < -0.4 is 4.90 Å². The molecule has 0 fully saturated rings. The van der Waals surface area contributed by atoms with Gasteiger partial charge in [0, 0.05) is 24.2 Å². The van der Waals surface area contributed by atoms with Gasteiger partial charge in [-0.2, -0.15) is 0 Å². The van der Waals surface area contributed by atoms with Crippen LogP contribution >= 0.6 is 11.8 Å². The molecule has 0 bridgehead atoms. The third-order valence-corrected chi connectivity index (χ3v) is 3.00. The van der Waals surface area contributed by atoms with Crippen molar-refractivity contribution in [2.75, 3.05) is 24.2 Å². The summed E-state index contributed by atoms with van der Waals surface area (Å²) >= 11 is 1.95. The van der Waals surface area contributed by atoms with Crippen molar-refractivity contribution in [3.05, 3.63) is 24.3 Å². The predicted molar refractivity (Wildman–Crippen MR) is 61.8 cm³/mol. The first kappa shape index (κ1) is 10.5. The first-order valence-corrected chi connectivity index (χ1v) is 5.79. The van der Waals surface area contributed by atoms with Crippen molar-refractivity contribution in [2.24, 2.45) is 0 Å². The summed E-state index contributed by atoms with van der Waals surface area (Å²) in [5, 5.41) is 0. The molecule has 0 saturated heterocycles. The maximum absolute atomic E-state index is 2.31. The van der Waals surface area contributed by atoms with Gasteiger partial charge in [0.1, 0.15) is 0 Å². The Bertz CT molecular complexity index is 260. The summed E-state index contributed by atoms with van der Waals surface area (Å²) in [6.07, 6.45) is 0. The zero-order valence-electron chi connectivity index (χ0n) is 8.58. The first-order valence-electron chi connectivity index (χ1n) is 4.81. The zero-order valence-corrected chi connectivity index (χ0v) is 9.40. The van der Waals surface area contributed by atoms with Gasteiger partial charge in [0.15, 0.2) is 0 Å². The van der Waals surface area contributed by atoms with E-state index in [1.54, 1.807) is 0 Å². The SMILES string of the molecule is CC.CN1CCSc2ccccc21. The molecule has 0 amide bonds. The predicted octanol–water partition coefficient (Wildman–Crippen LogP) is 3.25. The number of hydrogen-bond acceptors (Lipinski definition) is 2. The van der Waals surface area contributed by atoms with Gasteiger partial charge in [0.25, 0.3) is 0 Å². The van der Waals surface area contributed by atoms with Crippen LogP contribution in [-0.2, 0) is 0 Å². The zero-order chi connectivity index (χ0) is 9.68. The van der Waals surface area contributed by atoms with Crippen molar-refractivity contribution in [3.8, 4) is 0 Å². The fraction of sp³-hybridized carbons (Fsp3) is 0.455. The van der Waals surface area contributed by atoms with Crippen molar-refractivity contribution in [1.82, 2.24) is 0 Å². The highest BCUT2D eigenvalue weighted by Crippen LogP contribution is 2.32. The summed E-state index contributed by atoms with van der Waals surface area (Å²) in [5.41, 5.74) is 1.38. The van der Waals surface area contributed by atoms with Gasteiger partial charge in [0.2, 0.25) is 0 Å². The molecule has 0 aromatic heterocycles. The van der Waals surface area contributed by atoms with Crippen LogP contribution in [0.5, 0.6) is 0 Å². The van der Waals surface area contributed by atoms with E-state index in [4.69, 9.17) is 0 Å².